The van der Waals surface area contributed by atoms with Crippen LogP contribution >= 0.6 is 0 Å². The molecule has 0 saturated carbocycles. The summed E-state index contributed by atoms with van der Waals surface area (Å²) in [7, 11) is 0. The van der Waals surface area contributed by atoms with E-state index in [-0.39, 0.29) is 12.1 Å². The number of imidazole rings is 1. The number of aryl methyl sites for hydroxylation is 1. The molecule has 5 rings (SSSR count). The van der Waals surface area contributed by atoms with Crippen molar-refractivity contribution in [1.82, 2.24) is 9.55 Å². The van der Waals surface area contributed by atoms with Gasteiger partial charge >= 0.3 is 0 Å². The Kier molecular flexibility index (Phi) is 3.52. The molecule has 0 radical (unpaired) electrons. The summed E-state index contributed by atoms with van der Waals surface area (Å²) in [6.07, 6.45) is 1.00. The van der Waals surface area contributed by atoms with Gasteiger partial charge in [0.2, 0.25) is 5.95 Å². The van der Waals surface area contributed by atoms with Crippen LogP contribution in [0.2, 0.25) is 0 Å². The highest BCUT2D eigenvalue weighted by Gasteiger charge is 2.30. The average Bonchev–Trinajstić information content (AvgIpc) is 3.07. The summed E-state index contributed by atoms with van der Waals surface area (Å²) >= 11 is 0. The Balaban J connectivity index is 1.67. The summed E-state index contributed by atoms with van der Waals surface area (Å²) in [4.78, 5) is 4.87. The monoisotopic (exact) mass is 339 g/mol. The van der Waals surface area contributed by atoms with Crippen molar-refractivity contribution >= 4 is 17.0 Å². The molecule has 0 amide bonds. The van der Waals surface area contributed by atoms with Crippen LogP contribution in [0.1, 0.15) is 35.2 Å². The predicted molar refractivity (Wildman–Crippen MR) is 106 cm³/mol. The maximum absolute atomic E-state index is 4.87. The van der Waals surface area contributed by atoms with E-state index in [9.17, 15) is 0 Å². The van der Waals surface area contributed by atoms with E-state index >= 15 is 0 Å². The molecule has 1 N–H and O–H groups in total. The number of rotatable bonds is 2. The molecule has 1 aromatic heterocycles. The van der Waals surface area contributed by atoms with Crippen molar-refractivity contribution in [3.8, 4) is 0 Å². The molecule has 3 nitrogen and oxygen atoms in total. The maximum atomic E-state index is 4.87. The van der Waals surface area contributed by atoms with Crippen molar-refractivity contribution in [2.24, 2.45) is 0 Å². The SMILES string of the molecule is Cc1ccc([C@@H]2C[C@H](c3ccccc3)Nc3nc4ccccc4n32)cc1. The Morgan fingerprint density at radius 3 is 2.38 bits per heavy atom. The molecule has 0 unspecified atom stereocenters. The quantitative estimate of drug-likeness (QED) is 0.523. The standard InChI is InChI=1S/C23H21N3/c1-16-11-13-18(14-12-16)22-15-20(17-7-3-2-4-8-17)25-23-24-19-9-5-6-10-21(19)26(22)23/h2-14,20,22H,15H2,1H3,(H,24,25)/t20-,22+/m1/s1. The van der Waals surface area contributed by atoms with E-state index in [0.717, 1.165) is 17.9 Å². The van der Waals surface area contributed by atoms with E-state index in [0.29, 0.717) is 0 Å². The zero-order valence-electron chi connectivity index (χ0n) is 14.8. The van der Waals surface area contributed by atoms with Crippen molar-refractivity contribution < 1.29 is 0 Å². The van der Waals surface area contributed by atoms with Gasteiger partial charge in [-0.25, -0.2) is 4.98 Å². The normalized spacial score (nSPS) is 19.1. The van der Waals surface area contributed by atoms with Crippen LogP contribution in [0.25, 0.3) is 11.0 Å². The number of anilines is 1. The minimum Gasteiger partial charge on any atom is -0.349 e. The average molecular weight is 339 g/mol. The Morgan fingerprint density at radius 1 is 0.846 bits per heavy atom. The molecule has 2 atom stereocenters. The highest BCUT2D eigenvalue weighted by atomic mass is 15.3. The summed E-state index contributed by atoms with van der Waals surface area (Å²) in [5, 5.41) is 3.67. The van der Waals surface area contributed by atoms with Crippen LogP contribution in [0.5, 0.6) is 0 Å². The Morgan fingerprint density at radius 2 is 1.58 bits per heavy atom. The number of fused-ring (bicyclic) bond motifs is 3. The zero-order valence-corrected chi connectivity index (χ0v) is 14.8. The zero-order chi connectivity index (χ0) is 17.5. The molecule has 0 fully saturated rings. The third kappa shape index (κ3) is 2.48. The molecule has 0 spiro atoms. The van der Waals surface area contributed by atoms with Crippen LogP contribution in [0, 0.1) is 6.92 Å². The van der Waals surface area contributed by atoms with E-state index in [1.54, 1.807) is 0 Å². The van der Waals surface area contributed by atoms with Crippen molar-refractivity contribution in [1.29, 1.82) is 0 Å². The first-order chi connectivity index (χ1) is 12.8. The van der Waals surface area contributed by atoms with Crippen LogP contribution in [0.4, 0.5) is 5.95 Å². The number of benzene rings is 3. The molecule has 26 heavy (non-hydrogen) atoms. The van der Waals surface area contributed by atoms with Gasteiger partial charge in [0.15, 0.2) is 0 Å². The fourth-order valence-electron chi connectivity index (χ4n) is 3.98. The van der Waals surface area contributed by atoms with Gasteiger partial charge in [0.25, 0.3) is 0 Å². The fourth-order valence-corrected chi connectivity index (χ4v) is 3.98. The van der Waals surface area contributed by atoms with Gasteiger partial charge in [-0.1, -0.05) is 72.3 Å². The van der Waals surface area contributed by atoms with Gasteiger partial charge in [0.1, 0.15) is 0 Å². The van der Waals surface area contributed by atoms with Crippen molar-refractivity contribution in [2.75, 3.05) is 5.32 Å². The minimum absolute atomic E-state index is 0.256. The van der Waals surface area contributed by atoms with E-state index < -0.39 is 0 Å². The Bertz CT molecular complexity index is 1050. The van der Waals surface area contributed by atoms with E-state index in [1.165, 1.54) is 22.2 Å². The van der Waals surface area contributed by atoms with Crippen LogP contribution in [0.15, 0.2) is 78.9 Å². The molecule has 0 bridgehead atoms. The molecule has 3 heteroatoms. The van der Waals surface area contributed by atoms with Crippen molar-refractivity contribution in [3.63, 3.8) is 0 Å². The van der Waals surface area contributed by atoms with Crippen LogP contribution in [-0.4, -0.2) is 9.55 Å². The predicted octanol–water partition coefficient (Wildman–Crippen LogP) is 5.49. The van der Waals surface area contributed by atoms with Gasteiger partial charge in [-0.05, 0) is 36.6 Å². The highest BCUT2D eigenvalue weighted by Crippen LogP contribution is 2.40. The lowest BCUT2D eigenvalue weighted by atomic mass is 9.92. The van der Waals surface area contributed by atoms with E-state index in [2.05, 4.69) is 95.7 Å². The van der Waals surface area contributed by atoms with Crippen molar-refractivity contribution in [3.05, 3.63) is 95.6 Å². The first kappa shape index (κ1) is 15.2. The number of nitrogens with zero attached hydrogens (tertiary/aromatic N) is 2. The van der Waals surface area contributed by atoms with E-state index in [4.69, 9.17) is 4.98 Å². The minimum atomic E-state index is 0.256. The van der Waals surface area contributed by atoms with Crippen LogP contribution in [0.3, 0.4) is 0 Å². The number of aromatic nitrogens is 2. The maximum Gasteiger partial charge on any atom is 0.204 e. The third-order valence-corrected chi connectivity index (χ3v) is 5.33. The lowest BCUT2D eigenvalue weighted by molar-refractivity contribution is 0.477. The molecular formula is C23H21N3. The largest absolute Gasteiger partial charge is 0.349 e. The van der Waals surface area contributed by atoms with Gasteiger partial charge in [0, 0.05) is 0 Å². The van der Waals surface area contributed by atoms with Gasteiger partial charge in [-0.15, -0.1) is 0 Å². The molecule has 1 aliphatic heterocycles. The summed E-state index contributed by atoms with van der Waals surface area (Å²) in [6.45, 7) is 2.14. The third-order valence-electron chi connectivity index (χ3n) is 5.33. The summed E-state index contributed by atoms with van der Waals surface area (Å²) in [5.41, 5.74) is 6.16. The molecule has 2 heterocycles. The van der Waals surface area contributed by atoms with Gasteiger partial charge in [0.05, 0.1) is 23.1 Å². The van der Waals surface area contributed by atoms with Crippen LogP contribution in [-0.2, 0) is 0 Å². The Hall–Kier alpha value is -3.07. The second-order valence-electron chi connectivity index (χ2n) is 7.06. The smallest absolute Gasteiger partial charge is 0.204 e. The molecule has 4 aromatic rings. The Labute approximate surface area is 153 Å². The number of hydrogen-bond donors (Lipinski definition) is 1. The topological polar surface area (TPSA) is 29.9 Å². The lowest BCUT2D eigenvalue weighted by Gasteiger charge is -2.33. The summed E-state index contributed by atoms with van der Waals surface area (Å²) in [6, 6.07) is 28.5. The lowest BCUT2D eigenvalue weighted by Crippen LogP contribution is -2.27. The molecule has 0 aliphatic carbocycles. The number of hydrogen-bond acceptors (Lipinski definition) is 2. The van der Waals surface area contributed by atoms with Gasteiger partial charge in [-0.2, -0.15) is 0 Å². The molecule has 3 aromatic carbocycles. The molecular weight excluding hydrogens is 318 g/mol. The van der Waals surface area contributed by atoms with Gasteiger partial charge in [-0.3, -0.25) is 0 Å². The highest BCUT2D eigenvalue weighted by molar-refractivity contribution is 5.79. The summed E-state index contributed by atoms with van der Waals surface area (Å²) < 4.78 is 2.36. The first-order valence-corrected chi connectivity index (χ1v) is 9.14. The van der Waals surface area contributed by atoms with Gasteiger partial charge < -0.3 is 9.88 Å². The molecule has 128 valence electrons. The first-order valence-electron chi connectivity index (χ1n) is 9.14. The second-order valence-corrected chi connectivity index (χ2v) is 7.06. The number of nitrogens with one attached hydrogen (secondary N) is 1. The molecule has 1 aliphatic rings. The van der Waals surface area contributed by atoms with E-state index in [1.807, 2.05) is 0 Å². The second kappa shape index (κ2) is 6.03. The number of para-hydroxylation sites is 2. The molecule has 0 saturated heterocycles. The summed E-state index contributed by atoms with van der Waals surface area (Å²) in [5.74, 6) is 0.955. The van der Waals surface area contributed by atoms with Crippen molar-refractivity contribution in [2.45, 2.75) is 25.4 Å². The van der Waals surface area contributed by atoms with Crippen LogP contribution < -0.4 is 5.32 Å². The fraction of sp³-hybridized carbons (Fsp3) is 0.174.